The molecule has 8 nitrogen and oxygen atoms in total. The van der Waals surface area contributed by atoms with Crippen LogP contribution in [0.15, 0.2) is 0 Å². The van der Waals surface area contributed by atoms with Crippen LogP contribution in [-0.2, 0) is 29.2 Å². The number of ether oxygens (including phenoxy) is 2. The zero-order valence-electron chi connectivity index (χ0n) is 16.3. The summed E-state index contributed by atoms with van der Waals surface area (Å²) in [5.74, 6) is -14.9. The van der Waals surface area contributed by atoms with E-state index in [1.807, 2.05) is 0 Å². The van der Waals surface area contributed by atoms with E-state index >= 15 is 0 Å². The Morgan fingerprint density at radius 1 is 0.938 bits per heavy atom. The molecule has 0 radical (unpaired) electrons. The molecule has 2 N–H and O–H groups in total. The molecule has 188 valence electrons. The van der Waals surface area contributed by atoms with Crippen LogP contribution in [-0.4, -0.2) is 59.8 Å². The van der Waals surface area contributed by atoms with Gasteiger partial charge in [0.25, 0.3) is 0 Å². The Morgan fingerprint density at radius 3 is 1.91 bits per heavy atom. The van der Waals surface area contributed by atoms with Crippen molar-refractivity contribution in [3.8, 4) is 0 Å². The standard InChI is InChI=1S/C16H21F7O8S/c17-13(18,16(22,23)32(27,28)29)8-4-5-9-30-14(12(25)26,15(19,20)21)31-11(24)10-6-2-1-3-7-10/h10H,1-9H2,(H,25,26)(H,27,28,29). The average molecular weight is 506 g/mol. The lowest BCUT2D eigenvalue weighted by molar-refractivity contribution is -0.355. The van der Waals surface area contributed by atoms with Crippen LogP contribution in [0.2, 0.25) is 0 Å². The van der Waals surface area contributed by atoms with Crippen molar-refractivity contribution in [3.63, 3.8) is 0 Å². The lowest BCUT2D eigenvalue weighted by Gasteiger charge is -2.32. The Morgan fingerprint density at radius 2 is 1.47 bits per heavy atom. The molecule has 1 aliphatic rings. The number of aliphatic carboxylic acids is 1. The lowest BCUT2D eigenvalue weighted by Crippen LogP contribution is -2.58. The normalized spacial score (nSPS) is 18.8. The molecule has 0 aromatic carbocycles. The smallest absolute Gasteiger partial charge is 0.468 e. The predicted octanol–water partition coefficient (Wildman–Crippen LogP) is 3.76. The third kappa shape index (κ3) is 6.21. The first kappa shape index (κ1) is 28.4. The van der Waals surface area contributed by atoms with Crippen LogP contribution in [0.3, 0.4) is 0 Å². The van der Waals surface area contributed by atoms with Crippen LogP contribution in [0.5, 0.6) is 0 Å². The fraction of sp³-hybridized carbons (Fsp3) is 0.875. The Bertz CT molecular complexity index is 778. The van der Waals surface area contributed by atoms with E-state index in [4.69, 9.17) is 9.66 Å². The van der Waals surface area contributed by atoms with Crippen LogP contribution in [0.4, 0.5) is 30.7 Å². The molecule has 0 aromatic heterocycles. The lowest BCUT2D eigenvalue weighted by atomic mass is 9.89. The van der Waals surface area contributed by atoms with Crippen LogP contribution < -0.4 is 0 Å². The van der Waals surface area contributed by atoms with Gasteiger partial charge in [-0.1, -0.05) is 19.3 Å². The molecule has 1 saturated carbocycles. The van der Waals surface area contributed by atoms with E-state index in [0.717, 1.165) is 6.42 Å². The monoisotopic (exact) mass is 506 g/mol. The molecule has 1 fully saturated rings. The van der Waals surface area contributed by atoms with E-state index in [-0.39, 0.29) is 12.8 Å². The number of esters is 1. The highest BCUT2D eigenvalue weighted by Gasteiger charge is 2.67. The molecule has 0 aromatic rings. The first-order valence-corrected chi connectivity index (χ1v) is 10.7. The SMILES string of the molecule is O=C(OC(OCCCCC(F)(F)C(F)(F)S(=O)(=O)O)(C(=O)O)C(F)(F)F)C1CCCCC1. The maximum absolute atomic E-state index is 13.4. The van der Waals surface area contributed by atoms with Crippen LogP contribution in [0.1, 0.15) is 51.4 Å². The van der Waals surface area contributed by atoms with Gasteiger partial charge in [0.2, 0.25) is 0 Å². The Hall–Kier alpha value is -1.68. The zero-order chi connectivity index (χ0) is 25.0. The van der Waals surface area contributed by atoms with Crippen molar-refractivity contribution in [2.75, 3.05) is 6.61 Å². The van der Waals surface area contributed by atoms with Gasteiger partial charge in [-0.25, -0.2) is 4.79 Å². The summed E-state index contributed by atoms with van der Waals surface area (Å²) in [5.41, 5.74) is 0. The Labute approximate surface area is 177 Å². The third-order valence-corrected chi connectivity index (χ3v) is 5.72. The highest BCUT2D eigenvalue weighted by molar-refractivity contribution is 7.87. The number of alkyl halides is 7. The molecule has 0 bridgehead atoms. The van der Waals surface area contributed by atoms with E-state index in [1.54, 1.807) is 0 Å². The molecule has 1 atom stereocenters. The van der Waals surface area contributed by atoms with Gasteiger partial charge >= 0.3 is 45.2 Å². The van der Waals surface area contributed by atoms with Gasteiger partial charge in [-0.2, -0.15) is 39.2 Å². The van der Waals surface area contributed by atoms with Crippen LogP contribution >= 0.6 is 0 Å². The molecule has 1 rings (SSSR count). The highest BCUT2D eigenvalue weighted by Crippen LogP contribution is 2.42. The minimum atomic E-state index is -6.48. The van der Waals surface area contributed by atoms with Gasteiger partial charge < -0.3 is 14.6 Å². The second-order valence-electron chi connectivity index (χ2n) is 7.18. The summed E-state index contributed by atoms with van der Waals surface area (Å²) in [7, 11) is -6.48. The molecular weight excluding hydrogens is 485 g/mol. The number of hydrogen-bond acceptors (Lipinski definition) is 6. The number of hydrogen-bond donors (Lipinski definition) is 2. The summed E-state index contributed by atoms with van der Waals surface area (Å²) in [6.45, 7) is -1.27. The van der Waals surface area contributed by atoms with Crippen LogP contribution in [0.25, 0.3) is 0 Å². The quantitative estimate of drug-likeness (QED) is 0.143. The maximum Gasteiger partial charge on any atom is 0.468 e. The predicted molar refractivity (Wildman–Crippen MR) is 90.3 cm³/mol. The molecule has 1 unspecified atom stereocenters. The van der Waals surface area contributed by atoms with E-state index in [9.17, 15) is 48.7 Å². The van der Waals surface area contributed by atoms with E-state index in [2.05, 4.69) is 9.47 Å². The van der Waals surface area contributed by atoms with Gasteiger partial charge in [-0.3, -0.25) is 9.35 Å². The summed E-state index contributed by atoms with van der Waals surface area (Å²) in [6.07, 6.45) is -7.50. The second-order valence-corrected chi connectivity index (χ2v) is 8.64. The summed E-state index contributed by atoms with van der Waals surface area (Å²) in [5, 5.41) is 3.20. The molecule has 32 heavy (non-hydrogen) atoms. The van der Waals surface area contributed by atoms with Crippen molar-refractivity contribution >= 4 is 22.1 Å². The topological polar surface area (TPSA) is 127 Å². The van der Waals surface area contributed by atoms with Crippen LogP contribution in [0, 0.1) is 5.92 Å². The van der Waals surface area contributed by atoms with Crippen molar-refractivity contribution in [3.05, 3.63) is 0 Å². The van der Waals surface area contributed by atoms with Gasteiger partial charge in [0.15, 0.2) is 0 Å². The fourth-order valence-electron chi connectivity index (χ4n) is 2.96. The van der Waals surface area contributed by atoms with Crippen molar-refractivity contribution in [2.45, 2.75) is 74.5 Å². The minimum absolute atomic E-state index is 0.170. The average Bonchev–Trinajstić information content (AvgIpc) is 2.65. The van der Waals surface area contributed by atoms with E-state index < -0.39 is 77.0 Å². The van der Waals surface area contributed by atoms with Gasteiger partial charge in [0, 0.05) is 6.42 Å². The summed E-state index contributed by atoms with van der Waals surface area (Å²) >= 11 is 0. The van der Waals surface area contributed by atoms with E-state index in [1.165, 1.54) is 0 Å². The molecule has 0 saturated heterocycles. The summed E-state index contributed by atoms with van der Waals surface area (Å²) in [6, 6.07) is 0. The highest BCUT2D eigenvalue weighted by atomic mass is 32.2. The van der Waals surface area contributed by atoms with Gasteiger partial charge in [0.1, 0.15) is 0 Å². The minimum Gasteiger partial charge on any atom is -0.476 e. The first-order valence-electron chi connectivity index (χ1n) is 9.28. The molecule has 0 aliphatic heterocycles. The number of halogens is 7. The number of carbonyl (C=O) groups is 2. The van der Waals surface area contributed by atoms with Gasteiger partial charge in [-0.15, -0.1) is 0 Å². The molecule has 0 heterocycles. The second kappa shape index (κ2) is 10.1. The number of unbranched alkanes of at least 4 members (excludes halogenated alkanes) is 1. The number of carboxylic acids is 1. The largest absolute Gasteiger partial charge is 0.476 e. The van der Waals surface area contributed by atoms with Crippen molar-refractivity contribution in [1.82, 2.24) is 0 Å². The Kier molecular flexibility index (Phi) is 8.92. The Balaban J connectivity index is 2.83. The molecular formula is C16H21F7O8S. The number of carbonyl (C=O) groups excluding carboxylic acids is 1. The summed E-state index contributed by atoms with van der Waals surface area (Å²) < 4.78 is 131. The van der Waals surface area contributed by atoms with E-state index in [0.29, 0.717) is 12.8 Å². The molecule has 0 amide bonds. The summed E-state index contributed by atoms with van der Waals surface area (Å²) in [4.78, 5) is 23.4. The van der Waals surface area contributed by atoms with Gasteiger partial charge in [-0.05, 0) is 25.7 Å². The molecule has 1 aliphatic carbocycles. The molecule has 16 heteroatoms. The zero-order valence-corrected chi connectivity index (χ0v) is 17.2. The van der Waals surface area contributed by atoms with Crippen molar-refractivity contribution in [1.29, 1.82) is 0 Å². The number of rotatable bonds is 11. The van der Waals surface area contributed by atoms with Crippen molar-refractivity contribution in [2.24, 2.45) is 5.92 Å². The molecule has 0 spiro atoms. The third-order valence-electron chi connectivity index (χ3n) is 4.78. The maximum atomic E-state index is 13.4. The number of carboxylic acid groups (broad SMARTS) is 1. The van der Waals surface area contributed by atoms with Gasteiger partial charge in [0.05, 0.1) is 12.5 Å². The first-order chi connectivity index (χ1) is 14.4. The fourth-order valence-corrected chi connectivity index (χ4v) is 3.44. The van der Waals surface area contributed by atoms with Crippen molar-refractivity contribution < 1.29 is 67.9 Å².